The summed E-state index contributed by atoms with van der Waals surface area (Å²) in [4.78, 5) is 8.85. The Bertz CT molecular complexity index is 436. The summed E-state index contributed by atoms with van der Waals surface area (Å²) >= 11 is 0. The molecule has 1 fully saturated rings. The maximum Gasteiger partial charge on any atom is 0.222 e. The maximum atomic E-state index is 6.14. The van der Waals surface area contributed by atoms with Crippen LogP contribution in [-0.4, -0.2) is 16.1 Å². The maximum absolute atomic E-state index is 6.14. The van der Waals surface area contributed by atoms with Crippen LogP contribution in [0.2, 0.25) is 0 Å². The first-order chi connectivity index (χ1) is 9.15. The fourth-order valence-electron chi connectivity index (χ4n) is 2.55. The highest BCUT2D eigenvalue weighted by atomic mass is 16.5. The molecule has 2 unspecified atom stereocenters. The minimum atomic E-state index is 0.262. The summed E-state index contributed by atoms with van der Waals surface area (Å²) in [5.74, 6) is 8.19. The second kappa shape index (κ2) is 6.19. The van der Waals surface area contributed by atoms with Crippen molar-refractivity contribution >= 4 is 5.82 Å². The van der Waals surface area contributed by atoms with E-state index >= 15 is 0 Å². The highest BCUT2D eigenvalue weighted by molar-refractivity contribution is 5.47. The van der Waals surface area contributed by atoms with Gasteiger partial charge < -0.3 is 10.2 Å². The van der Waals surface area contributed by atoms with Crippen molar-refractivity contribution in [3.8, 4) is 5.88 Å². The van der Waals surface area contributed by atoms with Gasteiger partial charge in [0.25, 0.3) is 0 Å². The monoisotopic (exact) mass is 264 g/mol. The van der Waals surface area contributed by atoms with Crippen molar-refractivity contribution in [2.24, 2.45) is 11.8 Å². The number of nitrogen functional groups attached to an aromatic ring is 1. The Kier molecular flexibility index (Phi) is 4.58. The molecule has 2 rings (SSSR count). The zero-order valence-electron chi connectivity index (χ0n) is 12.1. The van der Waals surface area contributed by atoms with Gasteiger partial charge in [-0.1, -0.05) is 20.3 Å². The predicted molar refractivity (Wildman–Crippen MR) is 76.0 cm³/mol. The predicted octanol–water partition coefficient (Wildman–Crippen LogP) is 2.59. The molecule has 1 aromatic rings. The first-order valence-electron chi connectivity index (χ1n) is 7.16. The molecule has 0 amide bonds. The zero-order valence-corrected chi connectivity index (χ0v) is 12.1. The van der Waals surface area contributed by atoms with Gasteiger partial charge in [0.15, 0.2) is 0 Å². The van der Waals surface area contributed by atoms with Gasteiger partial charge >= 0.3 is 0 Å². The van der Waals surface area contributed by atoms with Crippen molar-refractivity contribution in [2.75, 3.05) is 5.43 Å². The van der Waals surface area contributed by atoms with Gasteiger partial charge in [0.05, 0.1) is 5.56 Å². The summed E-state index contributed by atoms with van der Waals surface area (Å²) in [6.45, 7) is 6.22. The second-order valence-electron chi connectivity index (χ2n) is 5.33. The van der Waals surface area contributed by atoms with E-state index in [-0.39, 0.29) is 6.10 Å². The smallest absolute Gasteiger partial charge is 0.222 e. The zero-order chi connectivity index (χ0) is 13.8. The van der Waals surface area contributed by atoms with Crippen molar-refractivity contribution in [1.82, 2.24) is 9.97 Å². The van der Waals surface area contributed by atoms with Crippen LogP contribution in [-0.2, 0) is 6.42 Å². The van der Waals surface area contributed by atoms with Gasteiger partial charge in [0.1, 0.15) is 17.7 Å². The lowest BCUT2D eigenvalue weighted by Crippen LogP contribution is -2.29. The Morgan fingerprint density at radius 1 is 1.32 bits per heavy atom. The molecule has 3 N–H and O–H groups in total. The standard InChI is InChI=1S/C14H24N4O/c1-4-12-16-13(18-15)10(3)14(17-12)19-11-8-6-5-7-9(11)2/h9,11H,4-8,15H2,1-3H3,(H,16,17,18). The first-order valence-corrected chi connectivity index (χ1v) is 7.16. The van der Waals surface area contributed by atoms with Crippen LogP contribution in [0.3, 0.4) is 0 Å². The van der Waals surface area contributed by atoms with Crippen LogP contribution >= 0.6 is 0 Å². The minimum Gasteiger partial charge on any atom is -0.474 e. The molecule has 0 aliphatic heterocycles. The van der Waals surface area contributed by atoms with E-state index in [1.54, 1.807) is 0 Å². The number of aromatic nitrogens is 2. The van der Waals surface area contributed by atoms with Gasteiger partial charge in [0.2, 0.25) is 5.88 Å². The van der Waals surface area contributed by atoms with Gasteiger partial charge in [-0.05, 0) is 32.1 Å². The van der Waals surface area contributed by atoms with Crippen molar-refractivity contribution in [1.29, 1.82) is 0 Å². The quantitative estimate of drug-likeness (QED) is 0.646. The number of hydrazine groups is 1. The van der Waals surface area contributed by atoms with E-state index in [9.17, 15) is 0 Å². The number of rotatable bonds is 4. The summed E-state index contributed by atoms with van der Waals surface area (Å²) in [5.41, 5.74) is 3.51. The fraction of sp³-hybridized carbons (Fsp3) is 0.714. The topological polar surface area (TPSA) is 73.1 Å². The van der Waals surface area contributed by atoms with Crippen LogP contribution in [0.25, 0.3) is 0 Å². The van der Waals surface area contributed by atoms with Crippen LogP contribution in [0, 0.1) is 12.8 Å². The van der Waals surface area contributed by atoms with Crippen LogP contribution < -0.4 is 16.0 Å². The Hall–Kier alpha value is -1.36. The summed E-state index contributed by atoms with van der Waals surface area (Å²) in [6.07, 6.45) is 5.92. The molecule has 0 radical (unpaired) electrons. The van der Waals surface area contributed by atoms with Gasteiger partial charge in [-0.15, -0.1) is 0 Å². The third-order valence-electron chi connectivity index (χ3n) is 3.90. The molecule has 5 heteroatoms. The van der Waals surface area contributed by atoms with E-state index in [4.69, 9.17) is 10.6 Å². The molecule has 0 aromatic carbocycles. The number of ether oxygens (including phenoxy) is 1. The molecule has 0 bridgehead atoms. The van der Waals surface area contributed by atoms with Crippen LogP contribution in [0.5, 0.6) is 5.88 Å². The lowest BCUT2D eigenvalue weighted by molar-refractivity contribution is 0.0964. The van der Waals surface area contributed by atoms with E-state index in [1.165, 1.54) is 19.3 Å². The fourth-order valence-corrected chi connectivity index (χ4v) is 2.55. The average molecular weight is 264 g/mol. The van der Waals surface area contributed by atoms with Crippen molar-refractivity contribution in [3.63, 3.8) is 0 Å². The van der Waals surface area contributed by atoms with Gasteiger partial charge in [-0.3, -0.25) is 0 Å². The van der Waals surface area contributed by atoms with E-state index in [0.717, 1.165) is 24.2 Å². The van der Waals surface area contributed by atoms with Crippen LogP contribution in [0.4, 0.5) is 5.82 Å². The normalized spacial score (nSPS) is 23.2. The van der Waals surface area contributed by atoms with Gasteiger partial charge in [-0.2, -0.15) is 4.98 Å². The summed E-state index contributed by atoms with van der Waals surface area (Å²) < 4.78 is 6.14. The molecule has 1 saturated carbocycles. The molecular weight excluding hydrogens is 240 g/mol. The van der Waals surface area contributed by atoms with E-state index in [0.29, 0.717) is 17.6 Å². The van der Waals surface area contributed by atoms with Gasteiger partial charge in [0, 0.05) is 6.42 Å². The Balaban J connectivity index is 2.22. The molecule has 2 atom stereocenters. The summed E-state index contributed by atoms with van der Waals surface area (Å²) in [7, 11) is 0. The van der Waals surface area contributed by atoms with E-state index in [1.807, 2.05) is 13.8 Å². The number of nitrogens with zero attached hydrogens (tertiary/aromatic N) is 2. The van der Waals surface area contributed by atoms with Crippen molar-refractivity contribution in [2.45, 2.75) is 59.0 Å². The Morgan fingerprint density at radius 3 is 2.68 bits per heavy atom. The first kappa shape index (κ1) is 14.1. The lowest BCUT2D eigenvalue weighted by Gasteiger charge is -2.29. The Labute approximate surface area is 114 Å². The average Bonchev–Trinajstić information content (AvgIpc) is 2.43. The number of nitrogens with one attached hydrogen (secondary N) is 1. The molecule has 106 valence electrons. The molecule has 0 spiro atoms. The summed E-state index contributed by atoms with van der Waals surface area (Å²) in [5, 5.41) is 0. The number of hydrogen-bond acceptors (Lipinski definition) is 5. The SMILES string of the molecule is CCc1nc(NN)c(C)c(OC2CCCCC2C)n1. The summed E-state index contributed by atoms with van der Waals surface area (Å²) in [6, 6.07) is 0. The third kappa shape index (κ3) is 3.15. The van der Waals surface area contributed by atoms with Gasteiger partial charge in [-0.25, -0.2) is 10.8 Å². The van der Waals surface area contributed by atoms with Crippen molar-refractivity contribution < 1.29 is 4.74 Å². The van der Waals surface area contributed by atoms with E-state index < -0.39 is 0 Å². The molecule has 1 aromatic heterocycles. The van der Waals surface area contributed by atoms with Crippen molar-refractivity contribution in [3.05, 3.63) is 11.4 Å². The number of nitrogens with two attached hydrogens (primary N) is 1. The lowest BCUT2D eigenvalue weighted by atomic mass is 9.88. The molecule has 1 aliphatic carbocycles. The van der Waals surface area contributed by atoms with Crippen LogP contribution in [0.1, 0.15) is 50.9 Å². The highest BCUT2D eigenvalue weighted by Crippen LogP contribution is 2.30. The third-order valence-corrected chi connectivity index (χ3v) is 3.90. The highest BCUT2D eigenvalue weighted by Gasteiger charge is 2.24. The molecular formula is C14H24N4O. The number of hydrogen-bond donors (Lipinski definition) is 2. The number of anilines is 1. The minimum absolute atomic E-state index is 0.262. The van der Waals surface area contributed by atoms with Crippen LogP contribution in [0.15, 0.2) is 0 Å². The second-order valence-corrected chi connectivity index (χ2v) is 5.33. The molecule has 5 nitrogen and oxygen atoms in total. The Morgan fingerprint density at radius 2 is 2.05 bits per heavy atom. The molecule has 1 heterocycles. The molecule has 0 saturated heterocycles. The van der Waals surface area contributed by atoms with E-state index in [2.05, 4.69) is 22.3 Å². The largest absolute Gasteiger partial charge is 0.474 e. The number of aryl methyl sites for hydroxylation is 1. The molecule has 1 aliphatic rings. The molecule has 19 heavy (non-hydrogen) atoms.